The van der Waals surface area contributed by atoms with Crippen LogP contribution in [0.15, 0.2) is 52.9 Å². The van der Waals surface area contributed by atoms with Gasteiger partial charge in [0, 0.05) is 23.6 Å². The lowest BCUT2D eigenvalue weighted by Gasteiger charge is -2.06. The fraction of sp³-hybridized carbons (Fsp3) is 0.118. The lowest BCUT2D eigenvalue weighted by Crippen LogP contribution is -2.24. The molecule has 6 nitrogen and oxygen atoms in total. The molecule has 0 aliphatic rings. The maximum atomic E-state index is 11.7. The fourth-order valence-corrected chi connectivity index (χ4v) is 2.16. The normalized spacial score (nSPS) is 10.6. The molecule has 0 radical (unpaired) electrons. The minimum atomic E-state index is -1.25. The van der Waals surface area contributed by atoms with Gasteiger partial charge in [-0.05, 0) is 36.8 Å². The molecule has 0 saturated carbocycles. The van der Waals surface area contributed by atoms with Crippen LogP contribution >= 0.6 is 0 Å². The largest absolute Gasteiger partial charge is 0.550 e. The summed E-state index contributed by atoms with van der Waals surface area (Å²) in [5.74, 6) is -1.18. The Morgan fingerprint density at radius 3 is 2.70 bits per heavy atom. The number of aromatic nitrogens is 1. The number of carboxylic acids is 1. The number of rotatable bonds is 5. The first-order valence-electron chi connectivity index (χ1n) is 7.07. The molecule has 116 valence electrons. The first kappa shape index (κ1) is 14.8. The lowest BCUT2D eigenvalue weighted by atomic mass is 10.2. The quantitative estimate of drug-likeness (QED) is 0.777. The summed E-state index contributed by atoms with van der Waals surface area (Å²) in [5, 5.41) is 13.0. The van der Waals surface area contributed by atoms with E-state index in [9.17, 15) is 14.7 Å². The van der Waals surface area contributed by atoms with Crippen LogP contribution in [0.25, 0.3) is 22.6 Å². The molecule has 1 N–H and O–H groups in total. The first-order chi connectivity index (χ1) is 11.1. The van der Waals surface area contributed by atoms with E-state index in [2.05, 4.69) is 10.3 Å². The number of carbonyl (C=O) groups is 2. The molecule has 0 aliphatic heterocycles. The third kappa shape index (κ3) is 3.55. The van der Waals surface area contributed by atoms with Crippen molar-refractivity contribution in [1.82, 2.24) is 4.98 Å². The molecule has 3 aromatic rings. The molecule has 1 aromatic heterocycles. The molecule has 1 amide bonds. The van der Waals surface area contributed by atoms with Crippen LogP contribution in [0.1, 0.15) is 12.8 Å². The minimum absolute atomic E-state index is 0.130. The summed E-state index contributed by atoms with van der Waals surface area (Å²) in [6, 6.07) is 14.4. The molecule has 1 heterocycles. The van der Waals surface area contributed by atoms with Gasteiger partial charge in [0.25, 0.3) is 0 Å². The summed E-state index contributed by atoms with van der Waals surface area (Å²) in [5.41, 5.74) is 2.71. The van der Waals surface area contributed by atoms with Crippen molar-refractivity contribution in [2.45, 2.75) is 12.8 Å². The van der Waals surface area contributed by atoms with E-state index in [1.165, 1.54) is 0 Å². The minimum Gasteiger partial charge on any atom is -0.550 e. The third-order valence-corrected chi connectivity index (χ3v) is 3.24. The van der Waals surface area contributed by atoms with Crippen LogP contribution in [-0.4, -0.2) is 16.9 Å². The highest BCUT2D eigenvalue weighted by molar-refractivity contribution is 5.92. The van der Waals surface area contributed by atoms with Gasteiger partial charge in [-0.3, -0.25) is 4.79 Å². The van der Waals surface area contributed by atoms with Crippen molar-refractivity contribution < 1.29 is 19.1 Å². The molecule has 0 fully saturated rings. The van der Waals surface area contributed by atoms with Gasteiger partial charge in [-0.1, -0.05) is 18.2 Å². The molecule has 6 heteroatoms. The van der Waals surface area contributed by atoms with Crippen molar-refractivity contribution in [1.29, 1.82) is 0 Å². The van der Waals surface area contributed by atoms with Gasteiger partial charge in [0.1, 0.15) is 5.52 Å². The van der Waals surface area contributed by atoms with E-state index in [0.29, 0.717) is 17.2 Å². The number of carboxylic acid groups (broad SMARTS) is 1. The zero-order valence-electron chi connectivity index (χ0n) is 12.1. The summed E-state index contributed by atoms with van der Waals surface area (Å²) < 4.78 is 5.68. The van der Waals surface area contributed by atoms with Gasteiger partial charge >= 0.3 is 0 Å². The van der Waals surface area contributed by atoms with Gasteiger partial charge in [-0.15, -0.1) is 0 Å². The predicted molar refractivity (Wildman–Crippen MR) is 82.3 cm³/mol. The second-order valence-electron chi connectivity index (χ2n) is 4.99. The number of nitrogens with one attached hydrogen (secondary N) is 1. The summed E-state index contributed by atoms with van der Waals surface area (Å²) in [6.07, 6.45) is -0.438. The van der Waals surface area contributed by atoms with Gasteiger partial charge in [0.15, 0.2) is 5.58 Å². The van der Waals surface area contributed by atoms with E-state index in [4.69, 9.17) is 4.42 Å². The number of fused-ring (bicyclic) bond motifs is 1. The van der Waals surface area contributed by atoms with Crippen molar-refractivity contribution in [3.8, 4) is 11.5 Å². The van der Waals surface area contributed by atoms with E-state index >= 15 is 0 Å². The van der Waals surface area contributed by atoms with Gasteiger partial charge in [-0.25, -0.2) is 4.98 Å². The topological polar surface area (TPSA) is 95.3 Å². The second kappa shape index (κ2) is 6.31. The second-order valence-corrected chi connectivity index (χ2v) is 4.99. The summed E-state index contributed by atoms with van der Waals surface area (Å²) in [4.78, 5) is 26.4. The molecule has 23 heavy (non-hydrogen) atoms. The Labute approximate surface area is 131 Å². The number of carbonyl (C=O) groups excluding carboxylic acids is 2. The molecule has 2 aromatic carbocycles. The number of nitrogens with zero attached hydrogens (tertiary/aromatic N) is 1. The summed E-state index contributed by atoms with van der Waals surface area (Å²) in [6.45, 7) is 0. The third-order valence-electron chi connectivity index (χ3n) is 3.24. The zero-order valence-corrected chi connectivity index (χ0v) is 12.1. The number of para-hydroxylation sites is 2. The average molecular weight is 309 g/mol. The van der Waals surface area contributed by atoms with Crippen LogP contribution in [0.4, 0.5) is 5.69 Å². The number of oxazole rings is 1. The van der Waals surface area contributed by atoms with Crippen LogP contribution < -0.4 is 10.4 Å². The maximum absolute atomic E-state index is 11.7. The standard InChI is InChI=1S/C17H14N2O4/c20-15(8-9-16(21)22)18-12-5-3-4-11(10-12)17-19-13-6-1-2-7-14(13)23-17/h1-7,10H,8-9H2,(H,18,20)(H,21,22)/p-1. The Morgan fingerprint density at radius 1 is 1.09 bits per heavy atom. The molecule has 0 aliphatic carbocycles. The van der Waals surface area contributed by atoms with Crippen LogP contribution in [0.5, 0.6) is 0 Å². The molecule has 3 rings (SSSR count). The van der Waals surface area contributed by atoms with Gasteiger partial charge in [0.05, 0.1) is 0 Å². The molecule has 0 spiro atoms. The Hall–Kier alpha value is -3.15. The first-order valence-corrected chi connectivity index (χ1v) is 7.07. The Kier molecular flexibility index (Phi) is 4.05. The molecule has 0 atom stereocenters. The van der Waals surface area contributed by atoms with E-state index in [1.54, 1.807) is 18.2 Å². The van der Waals surface area contributed by atoms with Gasteiger partial charge in [0.2, 0.25) is 11.8 Å². The van der Waals surface area contributed by atoms with E-state index in [-0.39, 0.29) is 18.7 Å². The summed E-state index contributed by atoms with van der Waals surface area (Å²) in [7, 11) is 0. The smallest absolute Gasteiger partial charge is 0.227 e. The SMILES string of the molecule is O=C([O-])CCC(=O)Nc1cccc(-c2nc3ccccc3o2)c1. The number of hydrogen-bond donors (Lipinski definition) is 1. The number of anilines is 1. The van der Waals surface area contributed by atoms with Crippen LogP contribution in [-0.2, 0) is 9.59 Å². The van der Waals surface area contributed by atoms with Crippen molar-refractivity contribution in [2.75, 3.05) is 5.32 Å². The molecular formula is C17H13N2O4-. The maximum Gasteiger partial charge on any atom is 0.227 e. The van der Waals surface area contributed by atoms with Crippen molar-refractivity contribution in [2.24, 2.45) is 0 Å². The van der Waals surface area contributed by atoms with Crippen LogP contribution in [0.3, 0.4) is 0 Å². The van der Waals surface area contributed by atoms with E-state index < -0.39 is 5.97 Å². The fourth-order valence-electron chi connectivity index (χ4n) is 2.16. The van der Waals surface area contributed by atoms with Gasteiger partial charge < -0.3 is 19.6 Å². The average Bonchev–Trinajstić information content (AvgIpc) is 2.97. The monoisotopic (exact) mass is 309 g/mol. The number of hydrogen-bond acceptors (Lipinski definition) is 5. The van der Waals surface area contributed by atoms with Crippen molar-refractivity contribution >= 4 is 28.7 Å². The highest BCUT2D eigenvalue weighted by atomic mass is 16.4. The van der Waals surface area contributed by atoms with Gasteiger partial charge in [-0.2, -0.15) is 0 Å². The van der Waals surface area contributed by atoms with Crippen LogP contribution in [0.2, 0.25) is 0 Å². The zero-order chi connectivity index (χ0) is 16.2. The van der Waals surface area contributed by atoms with Crippen LogP contribution in [0, 0.1) is 0 Å². The Balaban J connectivity index is 1.79. The Bertz CT molecular complexity index is 837. The predicted octanol–water partition coefficient (Wildman–Crippen LogP) is 1.96. The molecule has 0 unspecified atom stereocenters. The Morgan fingerprint density at radius 2 is 1.91 bits per heavy atom. The molecular weight excluding hydrogens is 296 g/mol. The molecule has 0 saturated heterocycles. The van der Waals surface area contributed by atoms with E-state index in [1.807, 2.05) is 30.3 Å². The highest BCUT2D eigenvalue weighted by Crippen LogP contribution is 2.26. The van der Waals surface area contributed by atoms with Crippen molar-refractivity contribution in [3.05, 3.63) is 48.5 Å². The molecule has 0 bridgehead atoms. The number of amides is 1. The summed E-state index contributed by atoms with van der Waals surface area (Å²) >= 11 is 0. The number of aliphatic carboxylic acids is 1. The highest BCUT2D eigenvalue weighted by Gasteiger charge is 2.09. The van der Waals surface area contributed by atoms with E-state index in [0.717, 1.165) is 11.1 Å². The van der Waals surface area contributed by atoms with Crippen molar-refractivity contribution in [3.63, 3.8) is 0 Å². The lowest BCUT2D eigenvalue weighted by molar-refractivity contribution is -0.305. The number of benzene rings is 2.